The van der Waals surface area contributed by atoms with Crippen molar-refractivity contribution in [2.45, 2.75) is 6.30 Å². The van der Waals surface area contributed by atoms with Gasteiger partial charge in [-0.15, -0.1) is 0 Å². The van der Waals surface area contributed by atoms with Gasteiger partial charge in [-0.1, -0.05) is 0 Å². The highest BCUT2D eigenvalue weighted by Crippen LogP contribution is 2.08. The Balaban J connectivity index is 3.78. The lowest BCUT2D eigenvalue weighted by Crippen LogP contribution is -2.36. The van der Waals surface area contributed by atoms with Crippen LogP contribution in [0.15, 0.2) is 0 Å². The van der Waals surface area contributed by atoms with Gasteiger partial charge in [0.2, 0.25) is 0 Å². The lowest BCUT2D eigenvalue weighted by Gasteiger charge is -2.01. The van der Waals surface area contributed by atoms with Crippen LogP contribution in [0, 0.1) is 11.3 Å². The van der Waals surface area contributed by atoms with E-state index in [4.69, 9.17) is 5.26 Å². The van der Waals surface area contributed by atoms with Gasteiger partial charge >= 0.3 is 12.2 Å². The van der Waals surface area contributed by atoms with Gasteiger partial charge in [-0.25, -0.2) is 0 Å². The average molecular weight is 138 g/mol. The third-order valence-corrected chi connectivity index (χ3v) is 0.357. The molecule has 0 bridgehead atoms. The topological polar surface area (TPSA) is 52.9 Å². The van der Waals surface area contributed by atoms with Gasteiger partial charge in [-0.2, -0.15) is 18.4 Å². The van der Waals surface area contributed by atoms with E-state index in [0.717, 1.165) is 6.07 Å². The molecule has 6 heteroatoms. The smallest absolute Gasteiger partial charge is 0.257 e. The van der Waals surface area contributed by atoms with Gasteiger partial charge in [0, 0.05) is 0 Å². The number of rotatable bonds is 0. The third kappa shape index (κ3) is 4.61. The summed E-state index contributed by atoms with van der Waals surface area (Å²) in [6.45, 7) is 0. The fraction of sp³-hybridized carbons (Fsp3) is 0.333. The first-order valence-corrected chi connectivity index (χ1v) is 1.74. The molecule has 0 aromatic rings. The Morgan fingerprint density at radius 1 is 1.56 bits per heavy atom. The number of carbonyl (C=O) groups excluding carboxylic acids is 1. The minimum Gasteiger partial charge on any atom is -0.257 e. The summed E-state index contributed by atoms with van der Waals surface area (Å²) >= 11 is 0. The first kappa shape index (κ1) is 7.75. The molecule has 0 aromatic heterocycles. The first-order chi connectivity index (χ1) is 3.95. The molecule has 0 aliphatic rings. The quantitative estimate of drug-likeness (QED) is 0.382. The van der Waals surface area contributed by atoms with Crippen LogP contribution < -0.4 is 5.32 Å². The molecule has 0 aliphatic carbocycles. The summed E-state index contributed by atoms with van der Waals surface area (Å²) in [6, 6.07) is 0.751. The molecule has 50 valence electrons. The number of carbonyl (C=O) groups is 1. The Labute approximate surface area is 48.1 Å². The van der Waals surface area contributed by atoms with E-state index in [1.165, 1.54) is 0 Å². The van der Waals surface area contributed by atoms with Crippen molar-refractivity contribution in [3.8, 4) is 6.07 Å². The zero-order chi connectivity index (χ0) is 7.49. The Bertz CT molecular complexity index is 155. The molecule has 0 saturated heterocycles. The van der Waals surface area contributed by atoms with Gasteiger partial charge in [0.1, 0.15) is 0 Å². The standard InChI is InChI=1S/C3HF3N2O/c4-3(5,6)8-2(9)1-7/h(H,8,9). The molecule has 0 aromatic carbocycles. The Morgan fingerprint density at radius 2 is 2.00 bits per heavy atom. The molecule has 0 aliphatic heterocycles. The van der Waals surface area contributed by atoms with Gasteiger partial charge in [0.25, 0.3) is 0 Å². The molecular weight excluding hydrogens is 137 g/mol. The van der Waals surface area contributed by atoms with Crippen LogP contribution >= 0.6 is 0 Å². The number of nitriles is 1. The number of nitrogens with one attached hydrogen (secondary N) is 1. The number of amides is 1. The zero-order valence-electron chi connectivity index (χ0n) is 3.99. The van der Waals surface area contributed by atoms with Crippen molar-refractivity contribution in [3.63, 3.8) is 0 Å². The Morgan fingerprint density at radius 3 is 2.11 bits per heavy atom. The van der Waals surface area contributed by atoms with Crippen LogP contribution in [0.3, 0.4) is 0 Å². The minimum atomic E-state index is -4.80. The maximum absolute atomic E-state index is 11.0. The lowest BCUT2D eigenvalue weighted by atomic mass is 10.7. The van der Waals surface area contributed by atoms with E-state index in [9.17, 15) is 18.0 Å². The second-order valence-corrected chi connectivity index (χ2v) is 1.06. The van der Waals surface area contributed by atoms with E-state index < -0.39 is 12.2 Å². The van der Waals surface area contributed by atoms with Crippen molar-refractivity contribution in [2.75, 3.05) is 0 Å². The number of alkyl halides is 3. The molecule has 3 nitrogen and oxygen atoms in total. The molecule has 0 radical (unpaired) electrons. The van der Waals surface area contributed by atoms with E-state index in [1.54, 1.807) is 0 Å². The predicted molar refractivity (Wildman–Crippen MR) is 19.8 cm³/mol. The highest BCUT2D eigenvalue weighted by atomic mass is 19.4. The summed E-state index contributed by atoms with van der Waals surface area (Å²) in [6.07, 6.45) is -4.80. The summed E-state index contributed by atoms with van der Waals surface area (Å²) in [5.41, 5.74) is 0. The van der Waals surface area contributed by atoms with Gasteiger partial charge in [-0.05, 0) is 0 Å². The second-order valence-electron chi connectivity index (χ2n) is 1.06. The maximum Gasteiger partial charge on any atom is 0.485 e. The molecular formula is C3HF3N2O. The van der Waals surface area contributed by atoms with E-state index in [-0.39, 0.29) is 0 Å². The zero-order valence-corrected chi connectivity index (χ0v) is 3.99. The van der Waals surface area contributed by atoms with Crippen LogP contribution in [-0.2, 0) is 4.79 Å². The fourth-order valence-corrected chi connectivity index (χ4v) is 0.157. The molecule has 1 amide bonds. The highest BCUT2D eigenvalue weighted by Gasteiger charge is 2.29. The molecule has 0 atom stereocenters. The van der Waals surface area contributed by atoms with Crippen molar-refractivity contribution in [3.05, 3.63) is 0 Å². The van der Waals surface area contributed by atoms with E-state index in [1.807, 2.05) is 0 Å². The van der Waals surface area contributed by atoms with Crippen molar-refractivity contribution in [1.29, 1.82) is 5.26 Å². The van der Waals surface area contributed by atoms with Gasteiger partial charge < -0.3 is 0 Å². The molecule has 0 fully saturated rings. The number of nitrogens with zero attached hydrogens (tertiary/aromatic N) is 1. The molecule has 0 heterocycles. The minimum absolute atomic E-state index is 0.469. The van der Waals surface area contributed by atoms with Crippen molar-refractivity contribution in [1.82, 2.24) is 5.32 Å². The van der Waals surface area contributed by atoms with Gasteiger partial charge in [0.15, 0.2) is 6.07 Å². The average Bonchev–Trinajstić information content (AvgIpc) is 1.62. The molecule has 0 rings (SSSR count). The number of halogens is 3. The normalized spacial score (nSPS) is 10.0. The largest absolute Gasteiger partial charge is 0.485 e. The Kier molecular flexibility index (Phi) is 2.02. The van der Waals surface area contributed by atoms with Crippen LogP contribution in [0.2, 0.25) is 0 Å². The fourth-order valence-electron chi connectivity index (χ4n) is 0.157. The summed E-state index contributed by atoms with van der Waals surface area (Å²) in [5.74, 6) is -1.71. The number of hydrogen-bond acceptors (Lipinski definition) is 2. The van der Waals surface area contributed by atoms with Crippen LogP contribution in [0.5, 0.6) is 0 Å². The SMILES string of the molecule is N#CC(=O)NC(F)(F)F. The van der Waals surface area contributed by atoms with Gasteiger partial charge in [-0.3, -0.25) is 10.1 Å². The van der Waals surface area contributed by atoms with Crippen molar-refractivity contribution >= 4 is 5.91 Å². The van der Waals surface area contributed by atoms with Crippen LogP contribution in [0.4, 0.5) is 13.2 Å². The van der Waals surface area contributed by atoms with Crippen LogP contribution in [0.1, 0.15) is 0 Å². The Hall–Kier alpha value is -1.25. The maximum atomic E-state index is 11.0. The predicted octanol–water partition coefficient (Wildman–Crippen LogP) is 0.146. The lowest BCUT2D eigenvalue weighted by molar-refractivity contribution is -0.166. The van der Waals surface area contributed by atoms with Gasteiger partial charge in [0.05, 0.1) is 0 Å². The molecule has 0 spiro atoms. The van der Waals surface area contributed by atoms with E-state index in [0.29, 0.717) is 5.32 Å². The molecule has 0 unspecified atom stereocenters. The van der Waals surface area contributed by atoms with Crippen LogP contribution in [-0.4, -0.2) is 12.2 Å². The van der Waals surface area contributed by atoms with E-state index in [2.05, 4.69) is 0 Å². The number of hydrogen-bond donors (Lipinski definition) is 1. The van der Waals surface area contributed by atoms with Crippen molar-refractivity contribution < 1.29 is 18.0 Å². The molecule has 0 saturated carbocycles. The molecule has 9 heavy (non-hydrogen) atoms. The highest BCUT2D eigenvalue weighted by molar-refractivity contribution is 5.91. The van der Waals surface area contributed by atoms with E-state index >= 15 is 0 Å². The first-order valence-electron chi connectivity index (χ1n) is 1.74. The summed E-state index contributed by atoms with van der Waals surface area (Å²) in [4.78, 5) is 9.64. The monoisotopic (exact) mass is 138 g/mol. The summed E-state index contributed by atoms with van der Waals surface area (Å²) in [7, 11) is 0. The van der Waals surface area contributed by atoms with Crippen molar-refractivity contribution in [2.24, 2.45) is 0 Å². The summed E-state index contributed by atoms with van der Waals surface area (Å²) in [5, 5.41) is 8.00. The van der Waals surface area contributed by atoms with Crippen LogP contribution in [0.25, 0.3) is 0 Å². The second kappa shape index (κ2) is 2.35. The third-order valence-electron chi connectivity index (χ3n) is 0.357. The molecule has 1 N–H and O–H groups in total. The summed E-state index contributed by atoms with van der Waals surface area (Å²) < 4.78 is 33.0.